The molecular weight excluding hydrogens is 271 g/mol. The topological polar surface area (TPSA) is 0 Å². The van der Waals surface area contributed by atoms with Crippen molar-refractivity contribution in [1.29, 1.82) is 0 Å². The smallest absolute Gasteiger partial charge is 0.106 e. The monoisotopic (exact) mass is 306 g/mol. The summed E-state index contributed by atoms with van der Waals surface area (Å²) < 4.78 is 14.4. The maximum Gasteiger partial charge on any atom is 0.106 e. The normalized spacial score (nSPS) is 47.1. The van der Waals surface area contributed by atoms with E-state index in [4.69, 9.17) is 0 Å². The molecule has 5 unspecified atom stereocenters. The van der Waals surface area contributed by atoms with Crippen LogP contribution < -0.4 is 0 Å². The zero-order valence-corrected chi connectivity index (χ0v) is 14.9. The van der Waals surface area contributed by atoms with Gasteiger partial charge in [0, 0.05) is 0 Å². The Morgan fingerprint density at radius 1 is 0.864 bits per heavy atom. The van der Waals surface area contributed by atoms with Crippen LogP contribution in [0.2, 0.25) is 0 Å². The minimum Gasteiger partial charge on any atom is -0.247 e. The summed E-state index contributed by atoms with van der Waals surface area (Å²) in [6, 6.07) is 0. The van der Waals surface area contributed by atoms with E-state index in [1.807, 2.05) is 0 Å². The van der Waals surface area contributed by atoms with Crippen LogP contribution in [0, 0.1) is 35.5 Å². The van der Waals surface area contributed by atoms with Crippen molar-refractivity contribution < 1.29 is 4.39 Å². The first-order valence-electron chi connectivity index (χ1n) is 9.89. The second-order valence-corrected chi connectivity index (χ2v) is 8.80. The Balaban J connectivity index is 1.57. The molecule has 0 saturated heterocycles. The summed E-state index contributed by atoms with van der Waals surface area (Å²) in [6.07, 6.45) is 14.0. The minimum atomic E-state index is -0.586. The van der Waals surface area contributed by atoms with Gasteiger partial charge in [0.25, 0.3) is 0 Å². The van der Waals surface area contributed by atoms with Gasteiger partial charge in [-0.2, -0.15) is 0 Å². The van der Waals surface area contributed by atoms with Crippen LogP contribution in [-0.2, 0) is 0 Å². The van der Waals surface area contributed by atoms with Gasteiger partial charge in [-0.25, -0.2) is 4.39 Å². The van der Waals surface area contributed by atoms with Crippen molar-refractivity contribution in [3.8, 4) is 0 Å². The molecule has 0 aromatic heterocycles. The Morgan fingerprint density at radius 2 is 1.59 bits per heavy atom. The highest BCUT2D eigenvalue weighted by atomic mass is 19.1. The van der Waals surface area contributed by atoms with Crippen LogP contribution in [0.5, 0.6) is 0 Å². The average molecular weight is 307 g/mol. The lowest BCUT2D eigenvalue weighted by Crippen LogP contribution is -2.35. The first kappa shape index (κ1) is 16.5. The van der Waals surface area contributed by atoms with Crippen molar-refractivity contribution in [2.24, 2.45) is 35.5 Å². The van der Waals surface area contributed by atoms with Gasteiger partial charge in [-0.05, 0) is 80.5 Å². The molecule has 0 heterocycles. The van der Waals surface area contributed by atoms with E-state index in [9.17, 15) is 4.39 Å². The zero-order valence-electron chi connectivity index (χ0n) is 14.9. The first-order valence-corrected chi connectivity index (χ1v) is 9.89. The lowest BCUT2D eigenvalue weighted by molar-refractivity contribution is 0.0818. The van der Waals surface area contributed by atoms with Crippen LogP contribution in [0.1, 0.15) is 78.6 Å². The van der Waals surface area contributed by atoms with E-state index in [2.05, 4.69) is 26.8 Å². The molecular formula is C21H35F. The molecule has 5 atom stereocenters. The molecule has 0 amide bonds. The van der Waals surface area contributed by atoms with Crippen LogP contribution in [0.3, 0.4) is 0 Å². The largest absolute Gasteiger partial charge is 0.247 e. The van der Waals surface area contributed by atoms with Crippen molar-refractivity contribution in [2.75, 3.05) is 0 Å². The summed E-state index contributed by atoms with van der Waals surface area (Å²) in [5, 5.41) is 0. The SMILES string of the molecule is CC1CCC(C2CC=C(C3CCC(C)C(F)C3C)CC2)CC1. The third-order valence-electron chi connectivity index (χ3n) is 7.30. The molecule has 0 spiro atoms. The number of hydrogen-bond donors (Lipinski definition) is 0. The fourth-order valence-electron chi connectivity index (χ4n) is 5.52. The zero-order chi connectivity index (χ0) is 15.7. The molecule has 3 rings (SSSR count). The lowest BCUT2D eigenvalue weighted by atomic mass is 9.66. The molecule has 0 bridgehead atoms. The van der Waals surface area contributed by atoms with E-state index >= 15 is 0 Å². The molecule has 3 aliphatic carbocycles. The van der Waals surface area contributed by atoms with E-state index in [0.29, 0.717) is 5.92 Å². The van der Waals surface area contributed by atoms with Gasteiger partial charge in [-0.1, -0.05) is 45.3 Å². The molecule has 2 saturated carbocycles. The van der Waals surface area contributed by atoms with Crippen molar-refractivity contribution in [2.45, 2.75) is 84.7 Å². The predicted molar refractivity (Wildman–Crippen MR) is 92.5 cm³/mol. The average Bonchev–Trinajstić information content (AvgIpc) is 2.54. The van der Waals surface area contributed by atoms with Crippen LogP contribution in [0.25, 0.3) is 0 Å². The van der Waals surface area contributed by atoms with E-state index < -0.39 is 6.17 Å². The fourth-order valence-corrected chi connectivity index (χ4v) is 5.52. The van der Waals surface area contributed by atoms with Gasteiger partial charge in [-0.15, -0.1) is 0 Å². The van der Waals surface area contributed by atoms with Crippen molar-refractivity contribution in [3.63, 3.8) is 0 Å². The maximum absolute atomic E-state index is 14.4. The van der Waals surface area contributed by atoms with E-state index in [1.165, 1.54) is 51.4 Å². The molecule has 3 aliphatic rings. The van der Waals surface area contributed by atoms with E-state index in [-0.39, 0.29) is 11.8 Å². The molecule has 0 aromatic carbocycles. The number of alkyl halides is 1. The van der Waals surface area contributed by atoms with Gasteiger partial charge < -0.3 is 0 Å². The second-order valence-electron chi connectivity index (χ2n) is 8.80. The van der Waals surface area contributed by atoms with Crippen molar-refractivity contribution in [1.82, 2.24) is 0 Å². The van der Waals surface area contributed by atoms with Gasteiger partial charge in [0.2, 0.25) is 0 Å². The summed E-state index contributed by atoms with van der Waals surface area (Å²) in [6.45, 7) is 6.65. The first-order chi connectivity index (χ1) is 10.6. The van der Waals surface area contributed by atoms with Crippen LogP contribution in [0.15, 0.2) is 11.6 Å². The predicted octanol–water partition coefficient (Wildman–Crippen LogP) is 6.56. The highest BCUT2D eigenvalue weighted by molar-refractivity contribution is 5.14. The molecule has 0 aliphatic heterocycles. The number of hydrogen-bond acceptors (Lipinski definition) is 0. The third-order valence-corrected chi connectivity index (χ3v) is 7.30. The Labute approximate surface area is 136 Å². The Morgan fingerprint density at radius 3 is 2.23 bits per heavy atom. The molecule has 0 aromatic rings. The number of rotatable bonds is 2. The van der Waals surface area contributed by atoms with Crippen molar-refractivity contribution in [3.05, 3.63) is 11.6 Å². The summed E-state index contributed by atoms with van der Waals surface area (Å²) in [5.41, 5.74) is 1.61. The molecule has 0 nitrogen and oxygen atoms in total. The van der Waals surface area contributed by atoms with Gasteiger partial charge in [0.15, 0.2) is 0 Å². The minimum absolute atomic E-state index is 0.238. The summed E-state index contributed by atoms with van der Waals surface area (Å²) in [7, 11) is 0. The summed E-state index contributed by atoms with van der Waals surface area (Å²) in [4.78, 5) is 0. The molecule has 126 valence electrons. The Bertz CT molecular complexity index is 391. The fraction of sp³-hybridized carbons (Fsp3) is 0.905. The van der Waals surface area contributed by atoms with Gasteiger partial charge in [0.05, 0.1) is 0 Å². The Hall–Kier alpha value is -0.330. The molecule has 22 heavy (non-hydrogen) atoms. The second kappa shape index (κ2) is 7.05. The lowest BCUT2D eigenvalue weighted by Gasteiger charge is -2.40. The summed E-state index contributed by atoms with van der Waals surface area (Å²) in [5.74, 6) is 3.91. The standard InChI is InChI=1S/C21H35F/c1-14-4-7-17(8-5-14)18-9-11-19(12-10-18)20-13-6-15(2)21(22)16(20)3/h11,14-18,20-21H,4-10,12-13H2,1-3H3. The number of allylic oxidation sites excluding steroid dienone is 2. The van der Waals surface area contributed by atoms with Crippen LogP contribution >= 0.6 is 0 Å². The number of halogens is 1. The quantitative estimate of drug-likeness (QED) is 0.507. The van der Waals surface area contributed by atoms with Gasteiger partial charge in [-0.3, -0.25) is 0 Å². The molecule has 2 fully saturated rings. The van der Waals surface area contributed by atoms with E-state index in [1.54, 1.807) is 5.57 Å². The van der Waals surface area contributed by atoms with Gasteiger partial charge >= 0.3 is 0 Å². The molecule has 0 N–H and O–H groups in total. The van der Waals surface area contributed by atoms with Crippen LogP contribution in [0.4, 0.5) is 4.39 Å². The highest BCUT2D eigenvalue weighted by Crippen LogP contribution is 2.45. The van der Waals surface area contributed by atoms with E-state index in [0.717, 1.165) is 24.2 Å². The van der Waals surface area contributed by atoms with Crippen LogP contribution in [-0.4, -0.2) is 6.17 Å². The highest BCUT2D eigenvalue weighted by Gasteiger charge is 2.37. The Kier molecular flexibility index (Phi) is 5.30. The maximum atomic E-state index is 14.4. The summed E-state index contributed by atoms with van der Waals surface area (Å²) >= 11 is 0. The van der Waals surface area contributed by atoms with Gasteiger partial charge in [0.1, 0.15) is 6.17 Å². The molecule has 1 heteroatoms. The third kappa shape index (κ3) is 3.44. The van der Waals surface area contributed by atoms with Crippen molar-refractivity contribution >= 4 is 0 Å². The molecule has 0 radical (unpaired) electrons.